The predicted octanol–water partition coefficient (Wildman–Crippen LogP) is 3.31. The molecule has 0 saturated heterocycles. The van der Waals surface area contributed by atoms with Crippen LogP contribution in [0.3, 0.4) is 0 Å². The summed E-state index contributed by atoms with van der Waals surface area (Å²) in [7, 11) is 0. The van der Waals surface area contributed by atoms with E-state index < -0.39 is 0 Å². The van der Waals surface area contributed by atoms with Gasteiger partial charge in [0.2, 0.25) is 0 Å². The average Bonchev–Trinajstić information content (AvgIpc) is 2.27. The Bertz CT molecular complexity index is 617. The lowest BCUT2D eigenvalue weighted by molar-refractivity contribution is 0.102. The number of nitrogens with zero attached hydrogens (tertiary/aromatic N) is 2. The monoisotopic (exact) mass is 275 g/mol. The molecule has 0 saturated carbocycles. The highest BCUT2D eigenvalue weighted by molar-refractivity contribution is 6.29. The van der Waals surface area contributed by atoms with Gasteiger partial charge < -0.3 is 5.32 Å². The Labute approximate surface area is 116 Å². The second-order valence-corrected chi connectivity index (χ2v) is 4.84. The quantitative estimate of drug-likeness (QED) is 0.856. The van der Waals surface area contributed by atoms with Gasteiger partial charge in [0.25, 0.3) is 5.91 Å². The zero-order valence-corrected chi connectivity index (χ0v) is 11.7. The largest absolute Gasteiger partial charge is 0.306 e. The summed E-state index contributed by atoms with van der Waals surface area (Å²) in [6, 6.07) is 5.47. The summed E-state index contributed by atoms with van der Waals surface area (Å²) < 4.78 is 0. The van der Waals surface area contributed by atoms with Gasteiger partial charge in [-0.05, 0) is 31.9 Å². The van der Waals surface area contributed by atoms with Crippen LogP contribution >= 0.6 is 11.6 Å². The van der Waals surface area contributed by atoms with Gasteiger partial charge >= 0.3 is 0 Å². The van der Waals surface area contributed by atoms with Crippen LogP contribution < -0.4 is 5.32 Å². The van der Waals surface area contributed by atoms with Crippen LogP contribution in [0.15, 0.2) is 24.5 Å². The van der Waals surface area contributed by atoms with Gasteiger partial charge in [-0.15, -0.1) is 0 Å². The molecule has 0 aliphatic carbocycles. The summed E-state index contributed by atoms with van der Waals surface area (Å²) in [6.45, 7) is 5.84. The van der Waals surface area contributed by atoms with Crippen molar-refractivity contribution in [1.29, 1.82) is 0 Å². The van der Waals surface area contributed by atoms with Crippen molar-refractivity contribution in [3.05, 3.63) is 51.9 Å². The van der Waals surface area contributed by atoms with Crippen molar-refractivity contribution in [2.75, 3.05) is 5.32 Å². The lowest BCUT2D eigenvalue weighted by Crippen LogP contribution is -2.16. The molecule has 1 aromatic heterocycles. The summed E-state index contributed by atoms with van der Waals surface area (Å²) in [6.07, 6.45) is 1.31. The first-order valence-corrected chi connectivity index (χ1v) is 6.22. The fourth-order valence-corrected chi connectivity index (χ4v) is 2.27. The minimum atomic E-state index is -0.190. The molecule has 2 rings (SSSR count). The van der Waals surface area contributed by atoms with E-state index in [1.54, 1.807) is 0 Å². The number of aryl methyl sites for hydroxylation is 3. The first-order valence-electron chi connectivity index (χ1n) is 5.84. The minimum Gasteiger partial charge on any atom is -0.306 e. The molecule has 2 aromatic rings. The first-order chi connectivity index (χ1) is 8.97. The summed E-state index contributed by atoms with van der Waals surface area (Å²) in [5.74, 6) is 0.203. The Hall–Kier alpha value is -1.94. The van der Waals surface area contributed by atoms with E-state index >= 15 is 0 Å². The topological polar surface area (TPSA) is 54.9 Å². The van der Waals surface area contributed by atoms with E-state index in [-0.39, 0.29) is 5.91 Å². The van der Waals surface area contributed by atoms with Gasteiger partial charge in [-0.2, -0.15) is 0 Å². The number of rotatable bonds is 2. The van der Waals surface area contributed by atoms with E-state index in [2.05, 4.69) is 15.3 Å². The third kappa shape index (κ3) is 3.09. The van der Waals surface area contributed by atoms with Crippen LogP contribution in [0, 0.1) is 20.8 Å². The van der Waals surface area contributed by atoms with Crippen LogP contribution in [0.5, 0.6) is 0 Å². The molecule has 0 bridgehead atoms. The Kier molecular flexibility index (Phi) is 3.81. The Balaban J connectivity index is 2.31. The number of hydrogen-bond acceptors (Lipinski definition) is 3. The van der Waals surface area contributed by atoms with Crippen molar-refractivity contribution >= 4 is 23.3 Å². The molecule has 19 heavy (non-hydrogen) atoms. The molecule has 0 radical (unpaired) electrons. The second-order valence-electron chi connectivity index (χ2n) is 4.45. The standard InChI is InChI=1S/C14H14ClN3O/c1-8-4-9(2)13(10(3)5-8)14(19)18-12-6-11(15)16-7-17-12/h4-7H,1-3H3,(H,16,17,18,19). The van der Waals surface area contributed by atoms with E-state index in [1.807, 2.05) is 32.9 Å². The number of carbonyl (C=O) groups is 1. The number of aromatic nitrogens is 2. The van der Waals surface area contributed by atoms with Crippen LogP contribution in [0.2, 0.25) is 5.15 Å². The van der Waals surface area contributed by atoms with Crippen molar-refractivity contribution in [1.82, 2.24) is 9.97 Å². The zero-order chi connectivity index (χ0) is 14.0. The summed E-state index contributed by atoms with van der Waals surface area (Å²) in [5.41, 5.74) is 3.68. The highest BCUT2D eigenvalue weighted by Gasteiger charge is 2.13. The van der Waals surface area contributed by atoms with Gasteiger partial charge in [-0.25, -0.2) is 9.97 Å². The van der Waals surface area contributed by atoms with Gasteiger partial charge in [0.1, 0.15) is 17.3 Å². The minimum absolute atomic E-state index is 0.190. The number of hydrogen-bond donors (Lipinski definition) is 1. The SMILES string of the molecule is Cc1cc(C)c(C(=O)Nc2cc(Cl)ncn2)c(C)c1. The molecule has 1 amide bonds. The number of anilines is 1. The predicted molar refractivity (Wildman–Crippen MR) is 75.6 cm³/mol. The van der Waals surface area contributed by atoms with Gasteiger partial charge in [0, 0.05) is 11.6 Å². The fraction of sp³-hybridized carbons (Fsp3) is 0.214. The lowest BCUT2D eigenvalue weighted by atomic mass is 9.99. The molecule has 0 fully saturated rings. The molecule has 0 unspecified atom stereocenters. The highest BCUT2D eigenvalue weighted by atomic mass is 35.5. The third-order valence-corrected chi connectivity index (χ3v) is 2.99. The Morgan fingerprint density at radius 2 is 1.74 bits per heavy atom. The summed E-state index contributed by atoms with van der Waals surface area (Å²) in [5, 5.41) is 3.02. The maximum absolute atomic E-state index is 12.3. The zero-order valence-electron chi connectivity index (χ0n) is 11.0. The molecule has 98 valence electrons. The summed E-state index contributed by atoms with van der Waals surface area (Å²) in [4.78, 5) is 20.0. The smallest absolute Gasteiger partial charge is 0.257 e. The molecule has 0 aliphatic rings. The number of benzene rings is 1. The van der Waals surface area contributed by atoms with Crippen molar-refractivity contribution in [3.63, 3.8) is 0 Å². The van der Waals surface area contributed by atoms with Crippen molar-refractivity contribution in [2.45, 2.75) is 20.8 Å². The molecular weight excluding hydrogens is 262 g/mol. The van der Waals surface area contributed by atoms with Crippen LogP contribution in [0.25, 0.3) is 0 Å². The molecule has 5 heteroatoms. The van der Waals surface area contributed by atoms with E-state index in [1.165, 1.54) is 12.4 Å². The van der Waals surface area contributed by atoms with Gasteiger partial charge in [-0.3, -0.25) is 4.79 Å². The first kappa shape index (κ1) is 13.5. The highest BCUT2D eigenvalue weighted by Crippen LogP contribution is 2.18. The summed E-state index contributed by atoms with van der Waals surface area (Å²) >= 11 is 5.76. The number of halogens is 1. The Morgan fingerprint density at radius 3 is 2.32 bits per heavy atom. The molecular formula is C14H14ClN3O. The van der Waals surface area contributed by atoms with Gasteiger partial charge in [0.15, 0.2) is 0 Å². The molecule has 1 heterocycles. The van der Waals surface area contributed by atoms with Gasteiger partial charge in [0.05, 0.1) is 0 Å². The maximum Gasteiger partial charge on any atom is 0.257 e. The average molecular weight is 276 g/mol. The fourth-order valence-electron chi connectivity index (χ4n) is 2.12. The number of nitrogens with one attached hydrogen (secondary N) is 1. The van der Waals surface area contributed by atoms with Crippen LogP contribution in [0.4, 0.5) is 5.82 Å². The maximum atomic E-state index is 12.3. The van der Waals surface area contributed by atoms with E-state index in [0.717, 1.165) is 16.7 Å². The number of carbonyl (C=O) groups excluding carboxylic acids is 1. The third-order valence-electron chi connectivity index (χ3n) is 2.78. The molecule has 4 nitrogen and oxygen atoms in total. The molecule has 0 spiro atoms. The lowest BCUT2D eigenvalue weighted by Gasteiger charge is -2.11. The molecule has 1 N–H and O–H groups in total. The van der Waals surface area contributed by atoms with Crippen molar-refractivity contribution in [2.24, 2.45) is 0 Å². The van der Waals surface area contributed by atoms with Gasteiger partial charge in [-0.1, -0.05) is 29.3 Å². The van der Waals surface area contributed by atoms with E-state index in [0.29, 0.717) is 16.5 Å². The van der Waals surface area contributed by atoms with Crippen LogP contribution in [0.1, 0.15) is 27.0 Å². The Morgan fingerprint density at radius 1 is 1.11 bits per heavy atom. The van der Waals surface area contributed by atoms with Crippen LogP contribution in [-0.2, 0) is 0 Å². The van der Waals surface area contributed by atoms with Crippen molar-refractivity contribution in [3.8, 4) is 0 Å². The van der Waals surface area contributed by atoms with E-state index in [4.69, 9.17) is 11.6 Å². The van der Waals surface area contributed by atoms with Crippen LogP contribution in [-0.4, -0.2) is 15.9 Å². The number of amides is 1. The van der Waals surface area contributed by atoms with E-state index in [9.17, 15) is 4.79 Å². The second kappa shape index (κ2) is 5.36. The molecule has 0 aliphatic heterocycles. The molecule has 0 atom stereocenters. The van der Waals surface area contributed by atoms with Crippen molar-refractivity contribution < 1.29 is 4.79 Å². The normalized spacial score (nSPS) is 10.3. The molecule has 1 aromatic carbocycles.